The average Bonchev–Trinajstić information content (AvgIpc) is 3.06. The van der Waals surface area contributed by atoms with Crippen molar-refractivity contribution in [2.45, 2.75) is 18.9 Å². The lowest BCUT2D eigenvalue weighted by Crippen LogP contribution is -2.20. The largest absolute Gasteiger partial charge is 0.481 e. The zero-order chi connectivity index (χ0) is 15.5. The molecule has 1 aromatic carbocycles. The van der Waals surface area contributed by atoms with Gasteiger partial charge < -0.3 is 5.11 Å². The highest BCUT2D eigenvalue weighted by Crippen LogP contribution is 2.39. The molecule has 1 N–H and O–H groups in total. The van der Waals surface area contributed by atoms with Crippen molar-refractivity contribution in [2.75, 3.05) is 13.1 Å². The SMILES string of the molecule is O=C(O)CC1CN(Cc2ccccc2)CC1c1cc(Br)cs1. The van der Waals surface area contributed by atoms with Gasteiger partial charge in [0.2, 0.25) is 0 Å². The fourth-order valence-electron chi connectivity index (χ4n) is 3.21. The number of aliphatic carboxylic acids is 1. The molecule has 3 nitrogen and oxygen atoms in total. The van der Waals surface area contributed by atoms with E-state index in [2.05, 4.69) is 44.4 Å². The molecular weight excluding hydrogens is 362 g/mol. The van der Waals surface area contributed by atoms with E-state index in [1.54, 1.807) is 11.3 Å². The van der Waals surface area contributed by atoms with Crippen LogP contribution >= 0.6 is 27.3 Å². The van der Waals surface area contributed by atoms with Gasteiger partial charge in [-0.1, -0.05) is 30.3 Å². The molecule has 2 aromatic rings. The van der Waals surface area contributed by atoms with Gasteiger partial charge >= 0.3 is 5.97 Å². The van der Waals surface area contributed by atoms with Gasteiger partial charge in [-0.05, 0) is 33.5 Å². The molecule has 1 aliphatic heterocycles. The summed E-state index contributed by atoms with van der Waals surface area (Å²) in [6.45, 7) is 2.67. The summed E-state index contributed by atoms with van der Waals surface area (Å²) in [7, 11) is 0. The van der Waals surface area contributed by atoms with Gasteiger partial charge in [0.05, 0.1) is 6.42 Å². The molecule has 0 spiro atoms. The molecule has 1 fully saturated rings. The number of carboxylic acids is 1. The predicted molar refractivity (Wildman–Crippen MR) is 92.2 cm³/mol. The van der Waals surface area contributed by atoms with Crippen LogP contribution in [0.5, 0.6) is 0 Å². The minimum atomic E-state index is -0.702. The summed E-state index contributed by atoms with van der Waals surface area (Å²) in [6, 6.07) is 12.5. The van der Waals surface area contributed by atoms with Crippen LogP contribution in [-0.2, 0) is 11.3 Å². The van der Waals surface area contributed by atoms with Gasteiger partial charge in [-0.15, -0.1) is 11.3 Å². The molecule has 2 heterocycles. The van der Waals surface area contributed by atoms with Gasteiger partial charge in [-0.25, -0.2) is 0 Å². The molecule has 2 unspecified atom stereocenters. The van der Waals surface area contributed by atoms with Crippen molar-refractivity contribution in [2.24, 2.45) is 5.92 Å². The summed E-state index contributed by atoms with van der Waals surface area (Å²) in [5.41, 5.74) is 1.28. The van der Waals surface area contributed by atoms with Crippen LogP contribution in [0.3, 0.4) is 0 Å². The lowest BCUT2D eigenvalue weighted by atomic mass is 9.92. The van der Waals surface area contributed by atoms with Gasteiger partial charge in [0, 0.05) is 40.3 Å². The molecule has 0 aliphatic carbocycles. The second-order valence-corrected chi connectivity index (χ2v) is 7.67. The minimum Gasteiger partial charge on any atom is -0.481 e. The first-order valence-electron chi connectivity index (χ1n) is 7.34. The first kappa shape index (κ1) is 15.7. The quantitative estimate of drug-likeness (QED) is 0.845. The topological polar surface area (TPSA) is 40.5 Å². The first-order valence-corrected chi connectivity index (χ1v) is 9.01. The van der Waals surface area contributed by atoms with E-state index in [9.17, 15) is 9.90 Å². The number of carbonyl (C=O) groups is 1. The van der Waals surface area contributed by atoms with Crippen molar-refractivity contribution in [3.63, 3.8) is 0 Å². The van der Waals surface area contributed by atoms with Gasteiger partial charge in [0.25, 0.3) is 0 Å². The maximum Gasteiger partial charge on any atom is 0.303 e. The lowest BCUT2D eigenvalue weighted by molar-refractivity contribution is -0.138. The maximum atomic E-state index is 11.2. The molecule has 2 atom stereocenters. The predicted octanol–water partition coefficient (Wildman–Crippen LogP) is 4.20. The second-order valence-electron chi connectivity index (χ2n) is 5.81. The van der Waals surface area contributed by atoms with Crippen molar-refractivity contribution in [1.29, 1.82) is 0 Å². The van der Waals surface area contributed by atoms with E-state index < -0.39 is 5.97 Å². The Morgan fingerprint density at radius 3 is 2.73 bits per heavy atom. The molecule has 0 amide bonds. The average molecular weight is 380 g/mol. The third-order valence-corrected chi connectivity index (χ3v) is 5.98. The van der Waals surface area contributed by atoms with E-state index in [1.807, 2.05) is 18.2 Å². The smallest absolute Gasteiger partial charge is 0.303 e. The van der Waals surface area contributed by atoms with Crippen molar-refractivity contribution < 1.29 is 9.90 Å². The highest BCUT2D eigenvalue weighted by atomic mass is 79.9. The molecule has 3 rings (SSSR count). The van der Waals surface area contributed by atoms with Gasteiger partial charge in [-0.2, -0.15) is 0 Å². The molecular formula is C17H18BrNO2S. The standard InChI is InChI=1S/C17H18BrNO2S/c18-14-7-16(22-11-14)15-10-19(9-13(15)6-17(20)21)8-12-4-2-1-3-5-12/h1-5,7,11,13,15H,6,8-10H2,(H,20,21). The Bertz CT molecular complexity index is 643. The van der Waals surface area contributed by atoms with E-state index in [-0.39, 0.29) is 12.3 Å². The molecule has 0 radical (unpaired) electrons. The Labute approximate surface area is 142 Å². The summed E-state index contributed by atoms with van der Waals surface area (Å²) in [5, 5.41) is 11.3. The van der Waals surface area contributed by atoms with Crippen LogP contribution in [0.4, 0.5) is 0 Å². The van der Waals surface area contributed by atoms with Crippen LogP contribution in [-0.4, -0.2) is 29.1 Å². The molecule has 5 heteroatoms. The maximum absolute atomic E-state index is 11.2. The minimum absolute atomic E-state index is 0.187. The van der Waals surface area contributed by atoms with Crippen molar-refractivity contribution in [3.05, 3.63) is 56.7 Å². The van der Waals surface area contributed by atoms with E-state index in [1.165, 1.54) is 10.4 Å². The van der Waals surface area contributed by atoms with Crippen LogP contribution in [0.25, 0.3) is 0 Å². The first-order chi connectivity index (χ1) is 10.6. The fraction of sp³-hybridized carbons (Fsp3) is 0.353. The highest BCUT2D eigenvalue weighted by molar-refractivity contribution is 9.10. The summed E-state index contributed by atoms with van der Waals surface area (Å²) in [6.07, 6.45) is 0.242. The number of thiophene rings is 1. The highest BCUT2D eigenvalue weighted by Gasteiger charge is 2.35. The van der Waals surface area contributed by atoms with Crippen LogP contribution in [0, 0.1) is 5.92 Å². The van der Waals surface area contributed by atoms with E-state index in [0.717, 1.165) is 24.1 Å². The van der Waals surface area contributed by atoms with E-state index in [0.29, 0.717) is 5.92 Å². The van der Waals surface area contributed by atoms with Crippen LogP contribution in [0.15, 0.2) is 46.3 Å². The third kappa shape index (κ3) is 3.77. The van der Waals surface area contributed by atoms with Gasteiger partial charge in [0.15, 0.2) is 0 Å². The summed E-state index contributed by atoms with van der Waals surface area (Å²) >= 11 is 5.22. The molecule has 1 saturated heterocycles. The Hall–Kier alpha value is -1.17. The number of halogens is 1. The Kier molecular flexibility index (Phi) is 4.96. The Morgan fingerprint density at radius 2 is 2.09 bits per heavy atom. The van der Waals surface area contributed by atoms with Crippen molar-refractivity contribution in [3.8, 4) is 0 Å². The number of hydrogen-bond acceptors (Lipinski definition) is 3. The van der Waals surface area contributed by atoms with Crippen molar-refractivity contribution >= 4 is 33.2 Å². The number of hydrogen-bond donors (Lipinski definition) is 1. The lowest BCUT2D eigenvalue weighted by Gasteiger charge is -2.15. The number of carboxylic acid groups (broad SMARTS) is 1. The number of likely N-dealkylation sites (tertiary alicyclic amines) is 1. The summed E-state index contributed by atoms with van der Waals surface area (Å²) in [5.74, 6) is -0.199. The molecule has 22 heavy (non-hydrogen) atoms. The fourth-order valence-corrected chi connectivity index (χ4v) is 4.84. The monoisotopic (exact) mass is 379 g/mol. The zero-order valence-corrected chi connectivity index (χ0v) is 14.5. The molecule has 0 bridgehead atoms. The molecule has 116 valence electrons. The Balaban J connectivity index is 1.74. The molecule has 1 aromatic heterocycles. The van der Waals surface area contributed by atoms with E-state index >= 15 is 0 Å². The number of rotatable bonds is 5. The van der Waals surface area contributed by atoms with Crippen LogP contribution in [0.2, 0.25) is 0 Å². The van der Waals surface area contributed by atoms with Crippen LogP contribution in [0.1, 0.15) is 22.8 Å². The normalized spacial score (nSPS) is 22.0. The Morgan fingerprint density at radius 1 is 1.32 bits per heavy atom. The van der Waals surface area contributed by atoms with Crippen molar-refractivity contribution in [1.82, 2.24) is 4.90 Å². The van der Waals surface area contributed by atoms with Crippen LogP contribution < -0.4 is 0 Å². The summed E-state index contributed by atoms with van der Waals surface area (Å²) < 4.78 is 1.09. The number of benzene rings is 1. The molecule has 1 aliphatic rings. The van der Waals surface area contributed by atoms with E-state index in [4.69, 9.17) is 0 Å². The van der Waals surface area contributed by atoms with Gasteiger partial charge in [-0.3, -0.25) is 9.69 Å². The second kappa shape index (κ2) is 6.94. The zero-order valence-electron chi connectivity index (χ0n) is 12.1. The molecule has 0 saturated carbocycles. The van der Waals surface area contributed by atoms with Gasteiger partial charge in [0.1, 0.15) is 0 Å². The third-order valence-electron chi connectivity index (χ3n) is 4.16. The summed E-state index contributed by atoms with van der Waals surface area (Å²) in [4.78, 5) is 14.8. The number of nitrogens with zero attached hydrogens (tertiary/aromatic N) is 1.